The van der Waals surface area contributed by atoms with E-state index in [0.29, 0.717) is 30.0 Å². The molecule has 1 N–H and O–H groups in total. The third-order valence-corrected chi connectivity index (χ3v) is 5.05. The summed E-state index contributed by atoms with van der Waals surface area (Å²) in [4.78, 5) is 33.1. The van der Waals surface area contributed by atoms with Crippen LogP contribution in [-0.2, 0) is 9.59 Å². The van der Waals surface area contributed by atoms with E-state index in [-0.39, 0.29) is 16.4 Å². The van der Waals surface area contributed by atoms with Gasteiger partial charge in [0.1, 0.15) is 11.5 Å². The lowest BCUT2D eigenvalue weighted by Crippen LogP contribution is -2.35. The highest BCUT2D eigenvalue weighted by Gasteiger charge is 2.46. The summed E-state index contributed by atoms with van der Waals surface area (Å²) in [5.41, 5.74) is 0.991. The number of amides is 1. The summed E-state index contributed by atoms with van der Waals surface area (Å²) in [5.74, 6) is -1.23. The first-order valence-electron chi connectivity index (χ1n) is 9.02. The molecule has 1 aromatic heterocycles. The number of Topliss-reactive ketones (excluding diaryl/α,β-unsaturated/α-hetero) is 1. The monoisotopic (exact) mass is 415 g/mol. The molecule has 152 valence electrons. The highest BCUT2D eigenvalue weighted by Crippen LogP contribution is 2.39. The van der Waals surface area contributed by atoms with Gasteiger partial charge in [0.05, 0.1) is 23.7 Å². The fourth-order valence-corrected chi connectivity index (χ4v) is 3.53. The SMILES string of the molecule is COc1ccc(C(O)=C2C(=O)C(=O)N(CCN(C)C)C2c2cccnc2)cc1Cl. The molecule has 1 aromatic carbocycles. The van der Waals surface area contributed by atoms with Crippen LogP contribution in [0.25, 0.3) is 5.76 Å². The van der Waals surface area contributed by atoms with Crippen LogP contribution in [0.2, 0.25) is 5.02 Å². The maximum Gasteiger partial charge on any atom is 0.295 e. The van der Waals surface area contributed by atoms with Crippen molar-refractivity contribution in [3.8, 4) is 5.75 Å². The molecule has 0 bridgehead atoms. The Morgan fingerprint density at radius 3 is 2.66 bits per heavy atom. The fourth-order valence-electron chi connectivity index (χ4n) is 3.27. The molecule has 1 saturated heterocycles. The van der Waals surface area contributed by atoms with Crippen molar-refractivity contribution in [3.05, 3.63) is 64.4 Å². The highest BCUT2D eigenvalue weighted by molar-refractivity contribution is 6.46. The lowest BCUT2D eigenvalue weighted by molar-refractivity contribution is -0.140. The maximum atomic E-state index is 12.9. The number of carbonyl (C=O) groups is 2. The molecule has 1 aliphatic rings. The topological polar surface area (TPSA) is 83.0 Å². The van der Waals surface area contributed by atoms with E-state index in [1.54, 1.807) is 36.7 Å². The van der Waals surface area contributed by atoms with Crippen molar-refractivity contribution in [2.45, 2.75) is 6.04 Å². The zero-order chi connectivity index (χ0) is 21.1. The van der Waals surface area contributed by atoms with Crippen molar-refractivity contribution in [2.24, 2.45) is 0 Å². The van der Waals surface area contributed by atoms with E-state index in [9.17, 15) is 14.7 Å². The molecule has 0 aliphatic carbocycles. The van der Waals surface area contributed by atoms with Crippen LogP contribution in [0.5, 0.6) is 5.75 Å². The molecule has 7 nitrogen and oxygen atoms in total. The number of methoxy groups -OCH3 is 1. The standard InChI is InChI=1S/C21H22ClN3O4/c1-24(2)9-10-25-18(14-5-4-8-23-12-14)17(20(27)21(25)28)19(26)13-6-7-16(29-3)15(22)11-13/h4-8,11-12,18,26H,9-10H2,1-3H3. The second-order valence-corrected chi connectivity index (χ2v) is 7.34. The number of likely N-dealkylation sites (N-methyl/N-ethyl adjacent to an activating group) is 1. The molecule has 2 heterocycles. The first-order chi connectivity index (χ1) is 13.8. The lowest BCUT2D eigenvalue weighted by Gasteiger charge is -2.26. The number of benzene rings is 1. The van der Waals surface area contributed by atoms with Gasteiger partial charge in [0.15, 0.2) is 0 Å². The zero-order valence-electron chi connectivity index (χ0n) is 16.4. The van der Waals surface area contributed by atoms with Crippen molar-refractivity contribution in [1.29, 1.82) is 0 Å². The van der Waals surface area contributed by atoms with Gasteiger partial charge in [-0.2, -0.15) is 0 Å². The van der Waals surface area contributed by atoms with Gasteiger partial charge in [-0.05, 0) is 43.9 Å². The van der Waals surface area contributed by atoms with Crippen LogP contribution in [0.15, 0.2) is 48.3 Å². The highest BCUT2D eigenvalue weighted by atomic mass is 35.5. The van der Waals surface area contributed by atoms with Crippen molar-refractivity contribution in [3.63, 3.8) is 0 Å². The average molecular weight is 416 g/mol. The van der Waals surface area contributed by atoms with E-state index in [0.717, 1.165) is 0 Å². The van der Waals surface area contributed by atoms with Gasteiger partial charge in [-0.25, -0.2) is 0 Å². The quantitative estimate of drug-likeness (QED) is 0.443. The molecule has 1 amide bonds. The minimum Gasteiger partial charge on any atom is -0.507 e. The molecule has 0 spiro atoms. The summed E-state index contributed by atoms with van der Waals surface area (Å²) in [6, 6.07) is 7.46. The molecule has 0 radical (unpaired) electrons. The van der Waals surface area contributed by atoms with Crippen LogP contribution < -0.4 is 4.74 Å². The van der Waals surface area contributed by atoms with Gasteiger partial charge in [0, 0.05) is 31.0 Å². The number of aliphatic hydroxyl groups is 1. The number of pyridine rings is 1. The van der Waals surface area contributed by atoms with Crippen molar-refractivity contribution < 1.29 is 19.4 Å². The average Bonchev–Trinajstić information content (AvgIpc) is 2.97. The molecule has 29 heavy (non-hydrogen) atoms. The second-order valence-electron chi connectivity index (χ2n) is 6.93. The molecule has 1 aliphatic heterocycles. The summed E-state index contributed by atoms with van der Waals surface area (Å²) >= 11 is 6.18. The Bertz CT molecular complexity index is 960. The Morgan fingerprint density at radius 2 is 2.07 bits per heavy atom. The Kier molecular flexibility index (Phi) is 6.20. The molecule has 2 aromatic rings. The number of aliphatic hydroxyl groups excluding tert-OH is 1. The summed E-state index contributed by atoms with van der Waals surface area (Å²) < 4.78 is 5.13. The van der Waals surface area contributed by atoms with E-state index in [2.05, 4.69) is 4.98 Å². The fraction of sp³-hybridized carbons (Fsp3) is 0.286. The van der Waals surface area contributed by atoms with Crippen molar-refractivity contribution in [1.82, 2.24) is 14.8 Å². The van der Waals surface area contributed by atoms with Gasteiger partial charge < -0.3 is 19.6 Å². The number of hydrogen-bond donors (Lipinski definition) is 1. The predicted octanol–water partition coefficient (Wildman–Crippen LogP) is 2.73. The molecular formula is C21H22ClN3O4. The van der Waals surface area contributed by atoms with E-state index in [1.165, 1.54) is 18.1 Å². The Hall–Kier alpha value is -2.90. The summed E-state index contributed by atoms with van der Waals surface area (Å²) in [5, 5.41) is 11.3. The van der Waals surface area contributed by atoms with Gasteiger partial charge >= 0.3 is 0 Å². The molecule has 1 atom stereocenters. The van der Waals surface area contributed by atoms with Gasteiger partial charge in [-0.1, -0.05) is 17.7 Å². The number of rotatable bonds is 6. The molecule has 8 heteroatoms. The number of nitrogens with zero attached hydrogens (tertiary/aromatic N) is 3. The van der Waals surface area contributed by atoms with Crippen LogP contribution >= 0.6 is 11.6 Å². The van der Waals surface area contributed by atoms with E-state index < -0.39 is 17.7 Å². The number of ether oxygens (including phenoxy) is 1. The minimum atomic E-state index is -0.734. The van der Waals surface area contributed by atoms with Gasteiger partial charge in [-0.15, -0.1) is 0 Å². The van der Waals surface area contributed by atoms with E-state index in [4.69, 9.17) is 16.3 Å². The third kappa shape index (κ3) is 4.11. The summed E-state index contributed by atoms with van der Waals surface area (Å²) in [7, 11) is 5.25. The Balaban J connectivity index is 2.13. The smallest absolute Gasteiger partial charge is 0.295 e. The summed E-state index contributed by atoms with van der Waals surface area (Å²) in [6.07, 6.45) is 3.20. The van der Waals surface area contributed by atoms with Crippen LogP contribution in [0, 0.1) is 0 Å². The molecule has 1 fully saturated rings. The van der Waals surface area contributed by atoms with Crippen molar-refractivity contribution >= 4 is 29.1 Å². The number of likely N-dealkylation sites (tertiary alicyclic amines) is 1. The maximum absolute atomic E-state index is 12.9. The third-order valence-electron chi connectivity index (χ3n) is 4.75. The number of halogens is 1. The minimum absolute atomic E-state index is 0.0167. The first-order valence-corrected chi connectivity index (χ1v) is 9.40. The van der Waals surface area contributed by atoms with Gasteiger partial charge in [0.2, 0.25) is 0 Å². The number of aromatic nitrogens is 1. The number of hydrogen-bond acceptors (Lipinski definition) is 6. The lowest BCUT2D eigenvalue weighted by atomic mass is 9.96. The van der Waals surface area contributed by atoms with E-state index in [1.807, 2.05) is 19.0 Å². The molecular weight excluding hydrogens is 394 g/mol. The van der Waals surface area contributed by atoms with E-state index >= 15 is 0 Å². The second kappa shape index (κ2) is 8.63. The number of carbonyl (C=O) groups excluding carboxylic acids is 2. The van der Waals surface area contributed by atoms with Crippen LogP contribution in [0.3, 0.4) is 0 Å². The Labute approximate surface area is 174 Å². The first kappa shape index (κ1) is 20.8. The molecule has 1 unspecified atom stereocenters. The summed E-state index contributed by atoms with van der Waals surface area (Å²) in [6.45, 7) is 0.898. The van der Waals surface area contributed by atoms with Crippen LogP contribution in [0.4, 0.5) is 0 Å². The number of ketones is 1. The zero-order valence-corrected chi connectivity index (χ0v) is 17.2. The van der Waals surface area contributed by atoms with Crippen LogP contribution in [-0.4, -0.2) is 65.9 Å². The predicted molar refractivity (Wildman–Crippen MR) is 110 cm³/mol. The van der Waals surface area contributed by atoms with Gasteiger partial charge in [-0.3, -0.25) is 14.6 Å². The normalized spacial score (nSPS) is 18.5. The largest absolute Gasteiger partial charge is 0.507 e. The van der Waals surface area contributed by atoms with Crippen LogP contribution in [0.1, 0.15) is 17.2 Å². The Morgan fingerprint density at radius 1 is 1.31 bits per heavy atom. The van der Waals surface area contributed by atoms with Gasteiger partial charge in [0.25, 0.3) is 11.7 Å². The molecule has 3 rings (SSSR count). The molecule has 0 saturated carbocycles. The van der Waals surface area contributed by atoms with Crippen molar-refractivity contribution in [2.75, 3.05) is 34.3 Å².